The standard InChI is InChI=1S/C15H11BrINO2S/c1-10-5-7-11(8-6-10)21(19,20)18-14-4-2-3-13(16)12(14)9-15(18)17/h2-9H,1H3. The van der Waals surface area contributed by atoms with Crippen molar-refractivity contribution in [3.63, 3.8) is 0 Å². The van der Waals surface area contributed by atoms with Crippen LogP contribution in [0.25, 0.3) is 10.9 Å². The summed E-state index contributed by atoms with van der Waals surface area (Å²) in [7, 11) is -3.60. The van der Waals surface area contributed by atoms with Gasteiger partial charge in [-0.25, -0.2) is 12.4 Å². The summed E-state index contributed by atoms with van der Waals surface area (Å²) in [5.41, 5.74) is 1.71. The van der Waals surface area contributed by atoms with Gasteiger partial charge >= 0.3 is 0 Å². The monoisotopic (exact) mass is 475 g/mol. The Balaban J connectivity index is 2.31. The summed E-state index contributed by atoms with van der Waals surface area (Å²) in [5, 5.41) is 0.887. The van der Waals surface area contributed by atoms with Crippen LogP contribution in [0.2, 0.25) is 0 Å². The van der Waals surface area contributed by atoms with Crippen LogP contribution in [0.5, 0.6) is 0 Å². The maximum Gasteiger partial charge on any atom is 0.269 e. The fraction of sp³-hybridized carbons (Fsp3) is 0.0667. The molecule has 0 aliphatic rings. The van der Waals surface area contributed by atoms with E-state index in [1.165, 1.54) is 3.97 Å². The zero-order chi connectivity index (χ0) is 15.2. The predicted molar refractivity (Wildman–Crippen MR) is 96.1 cm³/mol. The molecule has 0 saturated carbocycles. The van der Waals surface area contributed by atoms with Crippen LogP contribution in [0.15, 0.2) is 57.9 Å². The van der Waals surface area contributed by atoms with Crippen LogP contribution in [0.3, 0.4) is 0 Å². The minimum absolute atomic E-state index is 0.295. The first-order valence-electron chi connectivity index (χ1n) is 6.19. The highest BCUT2D eigenvalue weighted by atomic mass is 127. The SMILES string of the molecule is Cc1ccc(S(=O)(=O)n2c(I)cc3c(Br)cccc32)cc1. The largest absolute Gasteiger partial charge is 0.269 e. The van der Waals surface area contributed by atoms with Gasteiger partial charge in [-0.2, -0.15) is 0 Å². The number of hydrogen-bond donors (Lipinski definition) is 0. The number of hydrogen-bond acceptors (Lipinski definition) is 2. The lowest BCUT2D eigenvalue weighted by Gasteiger charge is -2.09. The zero-order valence-electron chi connectivity index (χ0n) is 11.0. The molecule has 0 aliphatic carbocycles. The van der Waals surface area contributed by atoms with Crippen LogP contribution in [-0.4, -0.2) is 12.4 Å². The lowest BCUT2D eigenvalue weighted by molar-refractivity contribution is 0.588. The Morgan fingerprint density at radius 2 is 1.76 bits per heavy atom. The number of aryl methyl sites for hydroxylation is 1. The maximum atomic E-state index is 12.9. The molecule has 2 aromatic carbocycles. The van der Waals surface area contributed by atoms with Gasteiger partial charge in [-0.05, 0) is 59.8 Å². The lowest BCUT2D eigenvalue weighted by Crippen LogP contribution is -2.14. The van der Waals surface area contributed by atoms with Crippen molar-refractivity contribution in [2.45, 2.75) is 11.8 Å². The van der Waals surface area contributed by atoms with E-state index >= 15 is 0 Å². The van der Waals surface area contributed by atoms with Crippen LogP contribution >= 0.6 is 38.5 Å². The smallest absolute Gasteiger partial charge is 0.228 e. The van der Waals surface area contributed by atoms with E-state index in [0.29, 0.717) is 14.1 Å². The van der Waals surface area contributed by atoms with Gasteiger partial charge in [0.25, 0.3) is 10.0 Å². The molecule has 0 atom stereocenters. The molecule has 3 rings (SSSR count). The van der Waals surface area contributed by atoms with Gasteiger partial charge in [-0.3, -0.25) is 0 Å². The molecule has 3 aromatic rings. The zero-order valence-corrected chi connectivity index (χ0v) is 15.6. The molecule has 0 spiro atoms. The molecule has 0 N–H and O–H groups in total. The molecular weight excluding hydrogens is 465 g/mol. The molecular formula is C15H11BrINO2S. The van der Waals surface area contributed by atoms with E-state index in [2.05, 4.69) is 38.5 Å². The molecule has 0 aliphatic heterocycles. The number of benzene rings is 2. The predicted octanol–water partition coefficient (Wildman–Crippen LogP) is 4.55. The summed E-state index contributed by atoms with van der Waals surface area (Å²) in [4.78, 5) is 0.295. The topological polar surface area (TPSA) is 39.1 Å². The van der Waals surface area contributed by atoms with E-state index in [4.69, 9.17) is 0 Å². The van der Waals surface area contributed by atoms with Crippen molar-refractivity contribution in [2.75, 3.05) is 0 Å². The third-order valence-electron chi connectivity index (χ3n) is 3.27. The van der Waals surface area contributed by atoms with Crippen molar-refractivity contribution in [1.82, 2.24) is 3.97 Å². The molecule has 108 valence electrons. The number of aromatic nitrogens is 1. The second-order valence-corrected chi connectivity index (χ2v) is 8.47. The highest BCUT2D eigenvalue weighted by Crippen LogP contribution is 2.31. The highest BCUT2D eigenvalue weighted by molar-refractivity contribution is 14.1. The van der Waals surface area contributed by atoms with Gasteiger partial charge in [0.2, 0.25) is 0 Å². The molecule has 0 amide bonds. The number of nitrogens with zero attached hydrogens (tertiary/aromatic N) is 1. The molecule has 1 heterocycles. The van der Waals surface area contributed by atoms with Gasteiger partial charge in [0.15, 0.2) is 0 Å². The quantitative estimate of drug-likeness (QED) is 0.510. The van der Waals surface area contributed by atoms with Crippen LogP contribution in [0, 0.1) is 10.6 Å². The fourth-order valence-corrected chi connectivity index (χ4v) is 5.41. The first-order valence-corrected chi connectivity index (χ1v) is 9.50. The third kappa shape index (κ3) is 2.53. The van der Waals surface area contributed by atoms with Crippen molar-refractivity contribution in [2.24, 2.45) is 0 Å². The second kappa shape index (κ2) is 5.40. The highest BCUT2D eigenvalue weighted by Gasteiger charge is 2.22. The van der Waals surface area contributed by atoms with Crippen LogP contribution in [-0.2, 0) is 10.0 Å². The number of fused-ring (bicyclic) bond motifs is 1. The van der Waals surface area contributed by atoms with E-state index in [1.807, 2.05) is 31.2 Å². The van der Waals surface area contributed by atoms with Gasteiger partial charge < -0.3 is 0 Å². The molecule has 0 radical (unpaired) electrons. The van der Waals surface area contributed by atoms with Crippen molar-refractivity contribution < 1.29 is 8.42 Å². The first kappa shape index (κ1) is 15.1. The summed E-state index contributed by atoms with van der Waals surface area (Å²) in [6.45, 7) is 1.93. The Kier molecular flexibility index (Phi) is 3.87. The average molecular weight is 476 g/mol. The lowest BCUT2D eigenvalue weighted by atomic mass is 10.2. The van der Waals surface area contributed by atoms with E-state index in [9.17, 15) is 8.42 Å². The van der Waals surface area contributed by atoms with Crippen molar-refractivity contribution in [3.8, 4) is 0 Å². The molecule has 6 heteroatoms. The van der Waals surface area contributed by atoms with Gasteiger partial charge in [0.1, 0.15) is 0 Å². The van der Waals surface area contributed by atoms with E-state index < -0.39 is 10.0 Å². The normalized spacial score (nSPS) is 12.0. The Morgan fingerprint density at radius 1 is 1.10 bits per heavy atom. The number of rotatable bonds is 2. The van der Waals surface area contributed by atoms with Crippen molar-refractivity contribution in [3.05, 3.63) is 62.3 Å². The average Bonchev–Trinajstić information content (AvgIpc) is 2.77. The summed E-state index contributed by atoms with van der Waals surface area (Å²) in [5.74, 6) is 0. The molecule has 0 fully saturated rings. The summed E-state index contributed by atoms with van der Waals surface area (Å²) >= 11 is 5.52. The third-order valence-corrected chi connectivity index (χ3v) is 6.82. The maximum absolute atomic E-state index is 12.9. The molecule has 1 aromatic heterocycles. The van der Waals surface area contributed by atoms with Gasteiger partial charge in [-0.1, -0.05) is 39.7 Å². The van der Waals surface area contributed by atoms with Crippen molar-refractivity contribution >= 4 is 59.4 Å². The Morgan fingerprint density at radius 3 is 2.43 bits per heavy atom. The van der Waals surface area contributed by atoms with Gasteiger partial charge in [0, 0.05) is 9.86 Å². The van der Waals surface area contributed by atoms with Crippen LogP contribution in [0.4, 0.5) is 0 Å². The molecule has 0 saturated heterocycles. The summed E-state index contributed by atoms with van der Waals surface area (Å²) in [6, 6.07) is 14.3. The molecule has 0 unspecified atom stereocenters. The minimum Gasteiger partial charge on any atom is -0.228 e. The Bertz CT molecular complexity index is 930. The second-order valence-electron chi connectivity index (χ2n) is 4.72. The minimum atomic E-state index is -3.60. The van der Waals surface area contributed by atoms with Gasteiger partial charge in [-0.15, -0.1) is 0 Å². The molecule has 21 heavy (non-hydrogen) atoms. The van der Waals surface area contributed by atoms with Crippen LogP contribution in [0.1, 0.15) is 5.56 Å². The summed E-state index contributed by atoms with van der Waals surface area (Å²) < 4.78 is 28.7. The summed E-state index contributed by atoms with van der Waals surface area (Å²) in [6.07, 6.45) is 0. The first-order chi connectivity index (χ1) is 9.91. The van der Waals surface area contributed by atoms with E-state index in [1.54, 1.807) is 24.3 Å². The molecule has 0 bridgehead atoms. The van der Waals surface area contributed by atoms with Gasteiger partial charge in [0.05, 0.1) is 14.1 Å². The van der Waals surface area contributed by atoms with E-state index in [-0.39, 0.29) is 0 Å². The Hall–Kier alpha value is -0.860. The number of halogens is 2. The van der Waals surface area contributed by atoms with Crippen LogP contribution < -0.4 is 0 Å². The Labute approximate surface area is 145 Å². The van der Waals surface area contributed by atoms with E-state index in [0.717, 1.165) is 15.4 Å². The van der Waals surface area contributed by atoms with Crippen molar-refractivity contribution in [1.29, 1.82) is 0 Å². The fourth-order valence-electron chi connectivity index (χ4n) is 2.20. The molecule has 3 nitrogen and oxygen atoms in total.